The predicted molar refractivity (Wildman–Crippen MR) is 118 cm³/mol. The summed E-state index contributed by atoms with van der Waals surface area (Å²) in [5, 5.41) is 18.5. The summed E-state index contributed by atoms with van der Waals surface area (Å²) in [5.41, 5.74) is 8.29. The van der Waals surface area contributed by atoms with Gasteiger partial charge in [0, 0.05) is 29.9 Å². The number of fused-ring (bicyclic) bond motifs is 1. The lowest BCUT2D eigenvalue weighted by Crippen LogP contribution is -2.50. The lowest BCUT2D eigenvalue weighted by atomic mass is 9.74. The quantitative estimate of drug-likeness (QED) is 0.556. The zero-order valence-electron chi connectivity index (χ0n) is 18.6. The predicted octanol–water partition coefficient (Wildman–Crippen LogP) is 1.41. The fourth-order valence-corrected chi connectivity index (χ4v) is 5.93. The van der Waals surface area contributed by atoms with E-state index in [0.29, 0.717) is 24.9 Å². The minimum atomic E-state index is -0.856. The molecule has 0 bridgehead atoms. The van der Waals surface area contributed by atoms with Crippen LogP contribution in [0.3, 0.4) is 0 Å². The molecule has 1 amide bonds. The summed E-state index contributed by atoms with van der Waals surface area (Å²) in [6.45, 7) is 2.42. The van der Waals surface area contributed by atoms with Gasteiger partial charge >= 0.3 is 0 Å². The van der Waals surface area contributed by atoms with Gasteiger partial charge in [-0.15, -0.1) is 0 Å². The minimum absolute atomic E-state index is 0.000896. The van der Waals surface area contributed by atoms with Crippen LogP contribution in [-0.2, 0) is 11.3 Å². The number of hydrogen-bond acceptors (Lipinski definition) is 7. The summed E-state index contributed by atoms with van der Waals surface area (Å²) < 4.78 is 1.67. The Balaban J connectivity index is 1.20. The van der Waals surface area contributed by atoms with E-state index >= 15 is 0 Å². The van der Waals surface area contributed by atoms with Crippen molar-refractivity contribution in [1.82, 2.24) is 35.9 Å². The van der Waals surface area contributed by atoms with Crippen molar-refractivity contribution < 1.29 is 9.90 Å². The molecule has 172 valence electrons. The highest BCUT2D eigenvalue weighted by atomic mass is 16.3. The Morgan fingerprint density at radius 3 is 3.06 bits per heavy atom. The molecular weight excluding hydrogens is 406 g/mol. The van der Waals surface area contributed by atoms with Gasteiger partial charge in [-0.3, -0.25) is 19.9 Å². The smallest absolute Gasteiger partial charge is 0.223 e. The zero-order valence-corrected chi connectivity index (χ0v) is 18.6. The molecule has 0 spiro atoms. The third kappa shape index (κ3) is 4.55. The second-order valence-electron chi connectivity index (χ2n) is 9.90. The maximum atomic E-state index is 13.2. The molecule has 3 fully saturated rings. The largest absolute Gasteiger partial charge is 0.388 e. The van der Waals surface area contributed by atoms with E-state index in [9.17, 15) is 9.90 Å². The van der Waals surface area contributed by atoms with Crippen molar-refractivity contribution >= 4 is 5.91 Å². The minimum Gasteiger partial charge on any atom is -0.388 e. The van der Waals surface area contributed by atoms with Crippen molar-refractivity contribution in [2.24, 2.45) is 11.8 Å². The number of amides is 1. The zero-order chi connectivity index (χ0) is 22.1. The monoisotopic (exact) mass is 439 g/mol. The van der Waals surface area contributed by atoms with Crippen LogP contribution >= 0.6 is 0 Å². The fraction of sp³-hybridized carbons (Fsp3) is 0.652. The summed E-state index contributed by atoms with van der Waals surface area (Å²) in [6, 6.07) is 4.78. The molecule has 2 aromatic rings. The van der Waals surface area contributed by atoms with Gasteiger partial charge in [0.15, 0.2) is 0 Å². The lowest BCUT2D eigenvalue weighted by Gasteiger charge is -2.38. The number of rotatable bonds is 5. The molecule has 1 aliphatic heterocycles. The summed E-state index contributed by atoms with van der Waals surface area (Å²) in [4.78, 5) is 21.5. The molecule has 0 radical (unpaired) electrons. The molecule has 5 rings (SSSR count). The van der Waals surface area contributed by atoms with E-state index in [2.05, 4.69) is 43.4 Å². The van der Waals surface area contributed by atoms with Gasteiger partial charge < -0.3 is 10.4 Å². The Kier molecular flexibility index (Phi) is 5.96. The first kappa shape index (κ1) is 21.5. The first-order valence-electron chi connectivity index (χ1n) is 11.8. The van der Waals surface area contributed by atoms with Crippen LogP contribution in [0.15, 0.2) is 31.0 Å². The van der Waals surface area contributed by atoms with Gasteiger partial charge in [-0.1, -0.05) is 0 Å². The third-order valence-electron chi connectivity index (χ3n) is 7.49. The van der Waals surface area contributed by atoms with E-state index in [1.165, 1.54) is 11.9 Å². The number of aromatic nitrogens is 4. The highest BCUT2D eigenvalue weighted by Gasteiger charge is 2.43. The summed E-state index contributed by atoms with van der Waals surface area (Å²) in [6.07, 6.45) is 10.8. The maximum Gasteiger partial charge on any atom is 0.223 e. The number of hydrazine groups is 1. The molecule has 4 N–H and O–H groups in total. The molecule has 6 atom stereocenters. The van der Waals surface area contributed by atoms with Gasteiger partial charge in [0.1, 0.15) is 12.7 Å². The lowest BCUT2D eigenvalue weighted by molar-refractivity contribution is -0.128. The van der Waals surface area contributed by atoms with Crippen LogP contribution in [0.1, 0.15) is 62.2 Å². The molecule has 1 saturated heterocycles. The van der Waals surface area contributed by atoms with Crippen molar-refractivity contribution in [2.45, 2.75) is 82.1 Å². The number of pyridine rings is 1. The number of aryl methyl sites for hydroxylation is 1. The Labute approximate surface area is 188 Å². The van der Waals surface area contributed by atoms with Gasteiger partial charge in [0.25, 0.3) is 0 Å². The maximum absolute atomic E-state index is 13.2. The summed E-state index contributed by atoms with van der Waals surface area (Å²) in [5.74, 6) is 0.514. The molecular formula is C23H33N7O2. The molecule has 2 aliphatic carbocycles. The summed E-state index contributed by atoms with van der Waals surface area (Å²) in [7, 11) is 0. The second kappa shape index (κ2) is 8.88. The number of carbonyl (C=O) groups is 1. The Hall–Kier alpha value is -2.36. The van der Waals surface area contributed by atoms with Crippen LogP contribution in [0.4, 0.5) is 0 Å². The van der Waals surface area contributed by atoms with Gasteiger partial charge in [0.2, 0.25) is 5.91 Å². The molecule has 3 heterocycles. The SMILES string of the molecule is Cc1cc(C2NNC3CCC(C(=O)N[C@@H]4CCC[C@@](O)(Cn5cncn5)C4)CC32)ccn1. The van der Waals surface area contributed by atoms with E-state index in [1.807, 2.05) is 13.1 Å². The average molecular weight is 440 g/mol. The van der Waals surface area contributed by atoms with Crippen molar-refractivity contribution in [2.75, 3.05) is 0 Å². The first-order valence-corrected chi connectivity index (χ1v) is 11.8. The van der Waals surface area contributed by atoms with Gasteiger partial charge in [-0.25, -0.2) is 10.4 Å². The highest BCUT2D eigenvalue weighted by molar-refractivity contribution is 5.79. The van der Waals surface area contributed by atoms with E-state index in [0.717, 1.165) is 44.2 Å². The van der Waals surface area contributed by atoms with Crippen LogP contribution in [0.2, 0.25) is 0 Å². The molecule has 2 saturated carbocycles. The molecule has 0 aromatic carbocycles. The fourth-order valence-electron chi connectivity index (χ4n) is 5.93. The second-order valence-corrected chi connectivity index (χ2v) is 9.90. The van der Waals surface area contributed by atoms with E-state index in [4.69, 9.17) is 0 Å². The number of nitrogens with zero attached hydrogens (tertiary/aromatic N) is 4. The average Bonchev–Trinajstić information content (AvgIpc) is 3.42. The molecule has 32 heavy (non-hydrogen) atoms. The van der Waals surface area contributed by atoms with Crippen LogP contribution in [-0.4, -0.2) is 48.4 Å². The van der Waals surface area contributed by atoms with E-state index in [-0.39, 0.29) is 23.9 Å². The van der Waals surface area contributed by atoms with E-state index < -0.39 is 5.60 Å². The van der Waals surface area contributed by atoms with Crippen molar-refractivity contribution in [1.29, 1.82) is 0 Å². The number of nitrogens with one attached hydrogen (secondary N) is 3. The number of carbonyl (C=O) groups excluding carboxylic acids is 1. The molecule has 4 unspecified atom stereocenters. The Morgan fingerprint density at radius 2 is 2.25 bits per heavy atom. The van der Waals surface area contributed by atoms with Crippen molar-refractivity contribution in [3.8, 4) is 0 Å². The van der Waals surface area contributed by atoms with Crippen LogP contribution in [0.25, 0.3) is 0 Å². The number of hydrogen-bond donors (Lipinski definition) is 4. The molecule has 9 nitrogen and oxygen atoms in total. The van der Waals surface area contributed by atoms with Crippen molar-refractivity contribution in [3.05, 3.63) is 42.2 Å². The summed E-state index contributed by atoms with van der Waals surface area (Å²) >= 11 is 0. The van der Waals surface area contributed by atoms with Gasteiger partial charge in [-0.05, 0) is 75.5 Å². The van der Waals surface area contributed by atoms with Crippen molar-refractivity contribution in [3.63, 3.8) is 0 Å². The number of aliphatic hydroxyl groups is 1. The molecule has 9 heteroatoms. The van der Waals surface area contributed by atoms with Gasteiger partial charge in [-0.2, -0.15) is 5.10 Å². The van der Waals surface area contributed by atoms with Crippen LogP contribution in [0, 0.1) is 18.8 Å². The Bertz CT molecular complexity index is 936. The standard InChI is InChI=1S/C23H33N7O2/c1-15-9-16(6-8-25-15)21-19-10-17(4-5-20(19)28-29-21)22(31)27-18-3-2-7-23(32,11-18)12-30-14-24-13-26-30/h6,8-9,13-14,17-21,28-29,32H,2-5,7,10-12H2,1H3,(H,27,31)/t17?,18-,19?,20?,21?,23+/m1/s1. The topological polar surface area (TPSA) is 117 Å². The van der Waals surface area contributed by atoms with Crippen LogP contribution < -0.4 is 16.2 Å². The molecule has 2 aromatic heterocycles. The van der Waals surface area contributed by atoms with Gasteiger partial charge in [0.05, 0.1) is 18.2 Å². The normalized spacial score (nSPS) is 34.8. The third-order valence-corrected chi connectivity index (χ3v) is 7.49. The Morgan fingerprint density at radius 1 is 1.34 bits per heavy atom. The van der Waals surface area contributed by atoms with Crippen LogP contribution in [0.5, 0.6) is 0 Å². The molecule has 3 aliphatic rings. The highest BCUT2D eigenvalue weighted by Crippen LogP contribution is 2.40. The van der Waals surface area contributed by atoms with E-state index in [1.54, 1.807) is 11.0 Å². The first-order chi connectivity index (χ1) is 15.5.